The summed E-state index contributed by atoms with van der Waals surface area (Å²) in [6.07, 6.45) is 0. The van der Waals surface area contributed by atoms with Gasteiger partial charge in [-0.25, -0.2) is 9.55 Å². The third kappa shape index (κ3) is 3.96. The number of hydrogen-bond acceptors (Lipinski definition) is 4. The van der Waals surface area contributed by atoms with Gasteiger partial charge in [0.15, 0.2) is 0 Å². The van der Waals surface area contributed by atoms with E-state index in [2.05, 4.69) is 170 Å². The Kier molecular flexibility index (Phi) is 5.90. The Labute approximate surface area is 307 Å². The molecular formula is C46H28N8. The van der Waals surface area contributed by atoms with E-state index >= 15 is 0 Å². The predicted octanol–water partition coefficient (Wildman–Crippen LogP) is 10.5. The highest BCUT2D eigenvalue weighted by Crippen LogP contribution is 2.36. The molecule has 0 unspecified atom stereocenters. The van der Waals surface area contributed by atoms with E-state index in [1.54, 1.807) is 0 Å². The molecule has 8 heteroatoms. The highest BCUT2D eigenvalue weighted by molar-refractivity contribution is 6.11. The summed E-state index contributed by atoms with van der Waals surface area (Å²) >= 11 is 0. The minimum Gasteiger partial charge on any atom is -0.279 e. The van der Waals surface area contributed by atoms with E-state index in [0.717, 1.165) is 76.5 Å². The van der Waals surface area contributed by atoms with Crippen molar-refractivity contribution in [3.05, 3.63) is 170 Å². The van der Waals surface area contributed by atoms with Crippen molar-refractivity contribution >= 4 is 76.5 Å². The average Bonchev–Trinajstić information content (AvgIpc) is 3.97. The second-order valence-electron chi connectivity index (χ2n) is 13.6. The molecule has 12 rings (SSSR count). The summed E-state index contributed by atoms with van der Waals surface area (Å²) in [6.45, 7) is 0. The molecule has 0 atom stereocenters. The van der Waals surface area contributed by atoms with E-state index in [9.17, 15) is 0 Å². The Morgan fingerprint density at radius 3 is 0.889 bits per heavy atom. The van der Waals surface area contributed by atoms with E-state index in [-0.39, 0.29) is 0 Å². The van der Waals surface area contributed by atoms with Gasteiger partial charge >= 0.3 is 0 Å². The minimum atomic E-state index is 0.462. The van der Waals surface area contributed by atoms with Gasteiger partial charge in [0.1, 0.15) is 0 Å². The molecule has 0 fully saturated rings. The first-order chi connectivity index (χ1) is 26.8. The van der Waals surface area contributed by atoms with Gasteiger partial charge < -0.3 is 0 Å². The largest absolute Gasteiger partial charge is 0.279 e. The lowest BCUT2D eigenvalue weighted by molar-refractivity contribution is 0.819. The first-order valence-corrected chi connectivity index (χ1v) is 18.0. The lowest BCUT2D eigenvalue weighted by atomic mass is 10.2. The Balaban J connectivity index is 1.25. The van der Waals surface area contributed by atoms with E-state index in [0.29, 0.717) is 23.8 Å². The van der Waals surface area contributed by atoms with Gasteiger partial charge in [0.25, 0.3) is 0 Å². The minimum absolute atomic E-state index is 0.462. The van der Waals surface area contributed by atoms with Crippen molar-refractivity contribution in [1.82, 2.24) is 38.2 Å². The summed E-state index contributed by atoms with van der Waals surface area (Å²) in [7, 11) is 0. The van der Waals surface area contributed by atoms with Crippen molar-refractivity contribution in [2.24, 2.45) is 0 Å². The van der Waals surface area contributed by atoms with Crippen LogP contribution in [0.15, 0.2) is 170 Å². The van der Waals surface area contributed by atoms with Crippen LogP contribution in [0.5, 0.6) is 0 Å². The molecule has 7 aromatic carbocycles. The highest BCUT2D eigenvalue weighted by atomic mass is 15.4. The molecule has 0 aliphatic heterocycles. The SMILES string of the molecule is c1ccc2c(c1)nc(-n1c3ccccc3c3ccccc31)n2-c1nc(-n2c3ccccc3c3ccccc32)nc(-n2c3ccccc3c3ccccc32)n1. The lowest BCUT2D eigenvalue weighted by Crippen LogP contribution is -2.15. The number of benzene rings is 7. The normalized spacial score (nSPS) is 12.1. The van der Waals surface area contributed by atoms with Gasteiger partial charge in [-0.3, -0.25) is 13.7 Å². The monoisotopic (exact) mass is 692 g/mol. The van der Waals surface area contributed by atoms with E-state index in [1.807, 2.05) is 18.2 Å². The van der Waals surface area contributed by atoms with Crippen LogP contribution in [-0.4, -0.2) is 38.2 Å². The lowest BCUT2D eigenvalue weighted by Gasteiger charge is -2.15. The summed E-state index contributed by atoms with van der Waals surface area (Å²) in [4.78, 5) is 21.5. The third-order valence-electron chi connectivity index (χ3n) is 10.7. The number of aromatic nitrogens is 8. The van der Waals surface area contributed by atoms with Crippen LogP contribution < -0.4 is 0 Å². The summed E-state index contributed by atoms with van der Waals surface area (Å²) < 4.78 is 8.64. The zero-order chi connectivity index (χ0) is 35.3. The summed E-state index contributed by atoms with van der Waals surface area (Å²) in [5.41, 5.74) is 7.89. The molecule has 5 heterocycles. The van der Waals surface area contributed by atoms with Crippen LogP contribution in [0.2, 0.25) is 0 Å². The zero-order valence-electron chi connectivity index (χ0n) is 28.7. The number of rotatable bonds is 4. The van der Waals surface area contributed by atoms with Crippen molar-refractivity contribution < 1.29 is 0 Å². The van der Waals surface area contributed by atoms with E-state index in [4.69, 9.17) is 19.9 Å². The smallest absolute Gasteiger partial charge is 0.243 e. The van der Waals surface area contributed by atoms with Crippen LogP contribution in [0.4, 0.5) is 0 Å². The van der Waals surface area contributed by atoms with Crippen molar-refractivity contribution in [1.29, 1.82) is 0 Å². The fourth-order valence-electron chi connectivity index (χ4n) is 8.42. The van der Waals surface area contributed by atoms with Crippen LogP contribution in [0, 0.1) is 0 Å². The second-order valence-corrected chi connectivity index (χ2v) is 13.6. The van der Waals surface area contributed by atoms with Gasteiger partial charge in [0.05, 0.1) is 44.1 Å². The van der Waals surface area contributed by atoms with Gasteiger partial charge in [0, 0.05) is 32.3 Å². The van der Waals surface area contributed by atoms with Crippen molar-refractivity contribution in [2.45, 2.75) is 0 Å². The molecule has 54 heavy (non-hydrogen) atoms. The van der Waals surface area contributed by atoms with Gasteiger partial charge in [-0.2, -0.15) is 15.0 Å². The van der Waals surface area contributed by atoms with E-state index < -0.39 is 0 Å². The summed E-state index contributed by atoms with van der Waals surface area (Å²) in [5.74, 6) is 2.19. The fraction of sp³-hybridized carbons (Fsp3) is 0. The first kappa shape index (κ1) is 29.0. The maximum atomic E-state index is 5.41. The molecule has 5 aromatic heterocycles. The topological polar surface area (TPSA) is 71.3 Å². The molecule has 0 N–H and O–H groups in total. The predicted molar refractivity (Wildman–Crippen MR) is 217 cm³/mol. The molecule has 8 nitrogen and oxygen atoms in total. The van der Waals surface area contributed by atoms with Crippen molar-refractivity contribution in [3.63, 3.8) is 0 Å². The van der Waals surface area contributed by atoms with Crippen molar-refractivity contribution in [3.8, 4) is 23.8 Å². The molecule has 252 valence electrons. The standard InChI is InChI=1S/C46H28N8/c1-8-22-36-29(15-1)30-16-2-9-23-37(30)51(36)43-48-44(52-38-24-10-3-17-31(38)32-18-4-11-25-39(32)52)50-45(49-43)54-42-28-14-7-21-35(42)47-46(54)53-40-26-12-5-19-33(40)34-20-6-13-27-41(34)53/h1-28H. The van der Waals surface area contributed by atoms with Gasteiger partial charge in [-0.05, 0) is 48.5 Å². The molecular weight excluding hydrogens is 665 g/mol. The highest BCUT2D eigenvalue weighted by Gasteiger charge is 2.25. The van der Waals surface area contributed by atoms with Crippen LogP contribution in [-0.2, 0) is 0 Å². The zero-order valence-corrected chi connectivity index (χ0v) is 28.7. The van der Waals surface area contributed by atoms with Crippen LogP contribution >= 0.6 is 0 Å². The third-order valence-corrected chi connectivity index (χ3v) is 10.7. The molecule has 0 aliphatic rings. The molecule has 0 saturated heterocycles. The van der Waals surface area contributed by atoms with Crippen LogP contribution in [0.1, 0.15) is 0 Å². The molecule has 0 spiro atoms. The van der Waals surface area contributed by atoms with Crippen LogP contribution in [0.3, 0.4) is 0 Å². The van der Waals surface area contributed by atoms with E-state index in [1.165, 1.54) is 0 Å². The van der Waals surface area contributed by atoms with Gasteiger partial charge in [-0.15, -0.1) is 0 Å². The number of hydrogen-bond donors (Lipinski definition) is 0. The Bertz CT molecular complexity index is 3180. The van der Waals surface area contributed by atoms with Gasteiger partial charge in [-0.1, -0.05) is 121 Å². The summed E-state index contributed by atoms with van der Waals surface area (Å²) in [5, 5.41) is 6.83. The number of para-hydroxylation sites is 8. The Morgan fingerprint density at radius 1 is 0.241 bits per heavy atom. The Hall–Kier alpha value is -7.58. The molecule has 0 radical (unpaired) electrons. The van der Waals surface area contributed by atoms with Crippen LogP contribution in [0.25, 0.3) is 100 Å². The van der Waals surface area contributed by atoms with Gasteiger partial charge in [0.2, 0.25) is 23.8 Å². The molecule has 0 saturated carbocycles. The molecule has 0 amide bonds. The average molecular weight is 693 g/mol. The number of fused-ring (bicyclic) bond motifs is 10. The molecule has 0 bridgehead atoms. The fourth-order valence-corrected chi connectivity index (χ4v) is 8.42. The molecule has 0 aliphatic carbocycles. The second kappa shape index (κ2) is 11.0. The maximum absolute atomic E-state index is 5.41. The number of nitrogens with zero attached hydrogens (tertiary/aromatic N) is 8. The molecule has 12 aromatic rings. The van der Waals surface area contributed by atoms with Crippen molar-refractivity contribution in [2.75, 3.05) is 0 Å². The quantitative estimate of drug-likeness (QED) is 0.184. The maximum Gasteiger partial charge on any atom is 0.243 e. The first-order valence-electron chi connectivity index (χ1n) is 18.0. The number of imidazole rings is 1. The summed E-state index contributed by atoms with van der Waals surface area (Å²) in [6, 6.07) is 58.9. The Morgan fingerprint density at radius 2 is 0.519 bits per heavy atom.